The molecule has 0 saturated carbocycles. The summed E-state index contributed by atoms with van der Waals surface area (Å²) in [7, 11) is 0. The highest BCUT2D eigenvalue weighted by molar-refractivity contribution is 5.69. The van der Waals surface area contributed by atoms with E-state index in [9.17, 15) is 30.0 Å². The van der Waals surface area contributed by atoms with Crippen LogP contribution in [0.4, 0.5) is 0 Å². The van der Waals surface area contributed by atoms with Gasteiger partial charge in [0.2, 0.25) is 0 Å². The van der Waals surface area contributed by atoms with Crippen molar-refractivity contribution in [2.75, 3.05) is 19.8 Å². The maximum absolute atomic E-state index is 12.2. The van der Waals surface area contributed by atoms with Crippen LogP contribution in [0.2, 0.25) is 0 Å². The molecule has 200 valence electrons. The summed E-state index contributed by atoms with van der Waals surface area (Å²) < 4.78 is 21.0. The molecule has 1 aliphatic heterocycles. The lowest BCUT2D eigenvalue weighted by Crippen LogP contribution is -2.59. The number of esters is 2. The van der Waals surface area contributed by atoms with Crippen molar-refractivity contribution in [3.63, 3.8) is 0 Å². The molecule has 0 bridgehead atoms. The van der Waals surface area contributed by atoms with Gasteiger partial charge in [-0.3, -0.25) is 9.59 Å². The van der Waals surface area contributed by atoms with Crippen molar-refractivity contribution < 1.29 is 49.0 Å². The SMILES string of the molecule is CCCCCCCCCCCCC(=O)OC(COC(C)=O)COC1OC(CO)C(O)C(O)C1O. The average molecular weight is 493 g/mol. The van der Waals surface area contributed by atoms with Crippen molar-refractivity contribution in [1.82, 2.24) is 0 Å². The fourth-order valence-electron chi connectivity index (χ4n) is 3.74. The zero-order valence-electron chi connectivity index (χ0n) is 20.6. The van der Waals surface area contributed by atoms with Gasteiger partial charge >= 0.3 is 11.9 Å². The van der Waals surface area contributed by atoms with Gasteiger partial charge in [-0.15, -0.1) is 0 Å². The Kier molecular flexibility index (Phi) is 16.3. The van der Waals surface area contributed by atoms with E-state index in [2.05, 4.69) is 6.92 Å². The first kappa shape index (κ1) is 30.7. The van der Waals surface area contributed by atoms with Gasteiger partial charge in [-0.2, -0.15) is 0 Å². The quantitative estimate of drug-likeness (QED) is 0.164. The van der Waals surface area contributed by atoms with Crippen molar-refractivity contribution in [2.24, 2.45) is 0 Å². The van der Waals surface area contributed by atoms with Crippen LogP contribution in [-0.4, -0.2) is 89.0 Å². The van der Waals surface area contributed by atoms with Crippen LogP contribution < -0.4 is 0 Å². The Morgan fingerprint density at radius 2 is 1.44 bits per heavy atom. The minimum atomic E-state index is -1.58. The molecule has 10 nitrogen and oxygen atoms in total. The highest BCUT2D eigenvalue weighted by atomic mass is 16.7. The zero-order chi connectivity index (χ0) is 25.3. The number of unbranched alkanes of at least 4 members (excludes halogenated alkanes) is 9. The number of carbonyl (C=O) groups is 2. The second-order valence-corrected chi connectivity index (χ2v) is 8.88. The summed E-state index contributed by atoms with van der Waals surface area (Å²) in [5.41, 5.74) is 0. The maximum atomic E-state index is 12.2. The fourth-order valence-corrected chi connectivity index (χ4v) is 3.74. The molecule has 1 saturated heterocycles. The number of aliphatic hydroxyl groups is 4. The van der Waals surface area contributed by atoms with Crippen LogP contribution >= 0.6 is 0 Å². The molecule has 6 unspecified atom stereocenters. The molecule has 0 aliphatic carbocycles. The van der Waals surface area contributed by atoms with Gasteiger partial charge in [0.05, 0.1) is 13.2 Å². The van der Waals surface area contributed by atoms with E-state index in [4.69, 9.17) is 18.9 Å². The van der Waals surface area contributed by atoms with Gasteiger partial charge in [-0.05, 0) is 6.42 Å². The monoisotopic (exact) mass is 492 g/mol. The Hall–Kier alpha value is -1.30. The first-order valence-corrected chi connectivity index (χ1v) is 12.5. The maximum Gasteiger partial charge on any atom is 0.306 e. The summed E-state index contributed by atoms with van der Waals surface area (Å²) in [5, 5.41) is 39.0. The van der Waals surface area contributed by atoms with E-state index < -0.39 is 55.4 Å². The lowest BCUT2D eigenvalue weighted by atomic mass is 9.99. The molecule has 6 atom stereocenters. The third-order valence-corrected chi connectivity index (χ3v) is 5.80. The van der Waals surface area contributed by atoms with E-state index in [1.165, 1.54) is 45.4 Å². The molecule has 0 aromatic heterocycles. The number of hydrogen-bond acceptors (Lipinski definition) is 10. The molecule has 0 spiro atoms. The summed E-state index contributed by atoms with van der Waals surface area (Å²) in [5.74, 6) is -1.00. The number of carbonyl (C=O) groups excluding carboxylic acids is 2. The van der Waals surface area contributed by atoms with Crippen LogP contribution in [0.1, 0.15) is 84.5 Å². The summed E-state index contributed by atoms with van der Waals surface area (Å²) in [6, 6.07) is 0. The van der Waals surface area contributed by atoms with Crippen molar-refractivity contribution >= 4 is 11.9 Å². The van der Waals surface area contributed by atoms with E-state index in [-0.39, 0.29) is 19.6 Å². The number of hydrogen-bond donors (Lipinski definition) is 4. The Morgan fingerprint density at radius 3 is 2.00 bits per heavy atom. The van der Waals surface area contributed by atoms with Gasteiger partial charge in [0.15, 0.2) is 12.4 Å². The Balaban J connectivity index is 2.36. The number of aliphatic hydroxyl groups excluding tert-OH is 4. The fraction of sp³-hybridized carbons (Fsp3) is 0.917. The molecule has 10 heteroatoms. The van der Waals surface area contributed by atoms with E-state index in [0.29, 0.717) is 6.42 Å². The van der Waals surface area contributed by atoms with Crippen LogP contribution in [-0.2, 0) is 28.5 Å². The van der Waals surface area contributed by atoms with Gasteiger partial charge < -0.3 is 39.4 Å². The van der Waals surface area contributed by atoms with Crippen LogP contribution in [0.25, 0.3) is 0 Å². The molecular weight excluding hydrogens is 448 g/mol. The molecule has 1 heterocycles. The highest BCUT2D eigenvalue weighted by Crippen LogP contribution is 2.22. The number of ether oxygens (including phenoxy) is 4. The third kappa shape index (κ3) is 12.4. The topological polar surface area (TPSA) is 152 Å². The molecule has 4 N–H and O–H groups in total. The van der Waals surface area contributed by atoms with Gasteiger partial charge in [0.1, 0.15) is 31.0 Å². The normalized spacial score (nSPS) is 25.6. The lowest BCUT2D eigenvalue weighted by Gasteiger charge is -2.39. The molecular formula is C24H44O10. The molecule has 1 fully saturated rings. The van der Waals surface area contributed by atoms with Crippen molar-refractivity contribution in [3.05, 3.63) is 0 Å². The molecule has 1 aliphatic rings. The Labute approximate surface area is 202 Å². The van der Waals surface area contributed by atoms with Gasteiger partial charge in [0.25, 0.3) is 0 Å². The molecule has 1 rings (SSSR count). The highest BCUT2D eigenvalue weighted by Gasteiger charge is 2.44. The van der Waals surface area contributed by atoms with Crippen LogP contribution in [0.5, 0.6) is 0 Å². The van der Waals surface area contributed by atoms with Crippen molar-refractivity contribution in [1.29, 1.82) is 0 Å². The molecule has 0 aromatic carbocycles. The van der Waals surface area contributed by atoms with Crippen LogP contribution in [0.15, 0.2) is 0 Å². The summed E-state index contributed by atoms with van der Waals surface area (Å²) in [4.78, 5) is 23.4. The summed E-state index contributed by atoms with van der Waals surface area (Å²) >= 11 is 0. The third-order valence-electron chi connectivity index (χ3n) is 5.80. The van der Waals surface area contributed by atoms with Crippen LogP contribution in [0, 0.1) is 0 Å². The second kappa shape index (κ2) is 18.0. The zero-order valence-corrected chi connectivity index (χ0v) is 20.6. The second-order valence-electron chi connectivity index (χ2n) is 8.88. The first-order chi connectivity index (χ1) is 16.3. The Bertz CT molecular complexity index is 556. The first-order valence-electron chi connectivity index (χ1n) is 12.5. The van der Waals surface area contributed by atoms with Gasteiger partial charge in [-0.25, -0.2) is 0 Å². The predicted octanol–water partition coefficient (Wildman–Crippen LogP) is 1.59. The van der Waals surface area contributed by atoms with Gasteiger partial charge in [-0.1, -0.05) is 64.7 Å². The van der Waals surface area contributed by atoms with E-state index in [1.807, 2.05) is 0 Å². The molecule has 0 amide bonds. The molecule has 0 radical (unpaired) electrons. The Morgan fingerprint density at radius 1 is 0.853 bits per heavy atom. The van der Waals surface area contributed by atoms with E-state index in [0.717, 1.165) is 19.3 Å². The summed E-state index contributed by atoms with van der Waals surface area (Å²) in [6.07, 6.45) is 3.61. The minimum absolute atomic E-state index is 0.229. The average Bonchev–Trinajstić information content (AvgIpc) is 2.81. The van der Waals surface area contributed by atoms with E-state index >= 15 is 0 Å². The van der Waals surface area contributed by atoms with E-state index in [1.54, 1.807) is 0 Å². The summed E-state index contributed by atoms with van der Waals surface area (Å²) in [6.45, 7) is 2.32. The lowest BCUT2D eigenvalue weighted by molar-refractivity contribution is -0.305. The molecule has 34 heavy (non-hydrogen) atoms. The van der Waals surface area contributed by atoms with Crippen LogP contribution in [0.3, 0.4) is 0 Å². The van der Waals surface area contributed by atoms with Crippen molar-refractivity contribution in [2.45, 2.75) is 121 Å². The smallest absolute Gasteiger partial charge is 0.306 e. The minimum Gasteiger partial charge on any atom is -0.462 e. The predicted molar refractivity (Wildman–Crippen MR) is 123 cm³/mol. The van der Waals surface area contributed by atoms with Gasteiger partial charge in [0, 0.05) is 13.3 Å². The molecule has 0 aromatic rings. The number of rotatable bonds is 18. The largest absolute Gasteiger partial charge is 0.462 e. The van der Waals surface area contributed by atoms with Crippen molar-refractivity contribution in [3.8, 4) is 0 Å². The standard InChI is InChI=1S/C24H44O10/c1-3-4-5-6-7-8-9-10-11-12-13-20(27)33-18(15-31-17(2)26)16-32-24-23(30)22(29)21(28)19(14-25)34-24/h18-19,21-25,28-30H,3-16H2,1-2H3.